The second kappa shape index (κ2) is 3.51. The van der Waals surface area contributed by atoms with Crippen LogP contribution in [0.5, 0.6) is 0 Å². The molecule has 1 aromatic rings. The number of hydrogen-bond acceptors (Lipinski definition) is 2. The quantitative estimate of drug-likeness (QED) is 0.779. The Labute approximate surface area is 95.4 Å². The Morgan fingerprint density at radius 3 is 2.93 bits per heavy atom. The molecule has 0 bridgehead atoms. The van der Waals surface area contributed by atoms with E-state index in [0.29, 0.717) is 5.56 Å². The molecule has 0 amide bonds. The topological polar surface area (TPSA) is 63.3 Å². The first-order valence-corrected chi connectivity index (χ1v) is 5.49. The standard InChI is InChI=1S/C10H10INO2/c11-9-6-3-4-8(12)5(6)1-2-7(9)10(13)14/h1-2,8H,3-4,12H2,(H,13,14)/t8-/m0/s1. The maximum absolute atomic E-state index is 10.9. The molecule has 0 fully saturated rings. The van der Waals surface area contributed by atoms with E-state index in [1.165, 1.54) is 0 Å². The van der Waals surface area contributed by atoms with Crippen molar-refractivity contribution < 1.29 is 9.90 Å². The van der Waals surface area contributed by atoms with Crippen molar-refractivity contribution in [3.63, 3.8) is 0 Å². The van der Waals surface area contributed by atoms with E-state index in [0.717, 1.165) is 27.5 Å². The number of fused-ring (bicyclic) bond motifs is 1. The van der Waals surface area contributed by atoms with Crippen LogP contribution in [0.1, 0.15) is 33.9 Å². The van der Waals surface area contributed by atoms with Crippen molar-refractivity contribution in [3.8, 4) is 0 Å². The van der Waals surface area contributed by atoms with Gasteiger partial charge >= 0.3 is 5.97 Å². The highest BCUT2D eigenvalue weighted by Crippen LogP contribution is 2.33. The summed E-state index contributed by atoms with van der Waals surface area (Å²) in [6.07, 6.45) is 1.82. The first kappa shape index (κ1) is 9.92. The number of rotatable bonds is 1. The summed E-state index contributed by atoms with van der Waals surface area (Å²) >= 11 is 2.10. The van der Waals surface area contributed by atoms with Gasteiger partial charge in [-0.1, -0.05) is 6.07 Å². The fraction of sp³-hybridized carbons (Fsp3) is 0.300. The molecule has 0 saturated carbocycles. The van der Waals surface area contributed by atoms with E-state index in [-0.39, 0.29) is 6.04 Å². The molecule has 3 nitrogen and oxygen atoms in total. The highest BCUT2D eigenvalue weighted by Gasteiger charge is 2.23. The number of carboxylic acid groups (broad SMARTS) is 1. The van der Waals surface area contributed by atoms with Crippen LogP contribution in [0.15, 0.2) is 12.1 Å². The molecule has 14 heavy (non-hydrogen) atoms. The van der Waals surface area contributed by atoms with Gasteiger partial charge in [0.2, 0.25) is 0 Å². The molecule has 4 heteroatoms. The number of carbonyl (C=O) groups is 1. The molecular weight excluding hydrogens is 293 g/mol. The van der Waals surface area contributed by atoms with Crippen LogP contribution in [-0.4, -0.2) is 11.1 Å². The summed E-state index contributed by atoms with van der Waals surface area (Å²) < 4.78 is 0.848. The van der Waals surface area contributed by atoms with Gasteiger partial charge < -0.3 is 10.8 Å². The minimum Gasteiger partial charge on any atom is -0.478 e. The molecule has 0 aliphatic heterocycles. The molecule has 2 rings (SSSR count). The first-order chi connectivity index (χ1) is 6.61. The minimum atomic E-state index is -0.863. The summed E-state index contributed by atoms with van der Waals surface area (Å²) in [6.45, 7) is 0. The Bertz CT molecular complexity index is 403. The van der Waals surface area contributed by atoms with Gasteiger partial charge in [0.25, 0.3) is 0 Å². The molecule has 3 N–H and O–H groups in total. The average Bonchev–Trinajstić information content (AvgIpc) is 2.49. The van der Waals surface area contributed by atoms with Crippen molar-refractivity contribution >= 4 is 28.6 Å². The molecule has 0 radical (unpaired) electrons. The highest BCUT2D eigenvalue weighted by molar-refractivity contribution is 14.1. The Hall–Kier alpha value is -0.620. The zero-order chi connectivity index (χ0) is 10.3. The van der Waals surface area contributed by atoms with Gasteiger partial charge in [-0.15, -0.1) is 0 Å². The van der Waals surface area contributed by atoms with Gasteiger partial charge in [0.05, 0.1) is 5.56 Å². The van der Waals surface area contributed by atoms with Gasteiger partial charge in [0, 0.05) is 9.61 Å². The Kier molecular flexibility index (Phi) is 2.48. The van der Waals surface area contributed by atoms with Crippen LogP contribution in [0, 0.1) is 3.57 Å². The van der Waals surface area contributed by atoms with Crippen molar-refractivity contribution in [2.24, 2.45) is 5.73 Å². The fourth-order valence-electron chi connectivity index (χ4n) is 1.86. The minimum absolute atomic E-state index is 0.0846. The summed E-state index contributed by atoms with van der Waals surface area (Å²) in [5.74, 6) is -0.863. The summed E-state index contributed by atoms with van der Waals surface area (Å²) in [6, 6.07) is 3.58. The number of carboxylic acids is 1. The fourth-order valence-corrected chi connectivity index (χ4v) is 2.85. The van der Waals surface area contributed by atoms with E-state index in [9.17, 15) is 4.79 Å². The number of hydrogen-bond donors (Lipinski definition) is 2. The molecule has 0 spiro atoms. The van der Waals surface area contributed by atoms with Gasteiger partial charge in [0.1, 0.15) is 0 Å². The van der Waals surface area contributed by atoms with Gasteiger partial charge in [-0.2, -0.15) is 0 Å². The van der Waals surface area contributed by atoms with Crippen LogP contribution >= 0.6 is 22.6 Å². The largest absolute Gasteiger partial charge is 0.478 e. The molecule has 0 saturated heterocycles. The van der Waals surface area contributed by atoms with E-state index in [4.69, 9.17) is 10.8 Å². The molecule has 0 unspecified atom stereocenters. The van der Waals surface area contributed by atoms with Crippen molar-refractivity contribution in [2.75, 3.05) is 0 Å². The van der Waals surface area contributed by atoms with Crippen LogP contribution in [0.2, 0.25) is 0 Å². The van der Waals surface area contributed by atoms with Crippen LogP contribution in [0.3, 0.4) is 0 Å². The van der Waals surface area contributed by atoms with Gasteiger partial charge in [-0.25, -0.2) is 4.79 Å². The number of halogens is 1. The maximum atomic E-state index is 10.9. The van der Waals surface area contributed by atoms with E-state index >= 15 is 0 Å². The number of aromatic carboxylic acids is 1. The van der Waals surface area contributed by atoms with Crippen LogP contribution < -0.4 is 5.73 Å². The predicted octanol–water partition coefficient (Wildman–Crippen LogP) is 1.94. The van der Waals surface area contributed by atoms with Gasteiger partial charge in [-0.3, -0.25) is 0 Å². The second-order valence-corrected chi connectivity index (χ2v) is 4.52. The molecule has 1 aliphatic rings. The van der Waals surface area contributed by atoms with E-state index in [1.54, 1.807) is 6.07 Å². The van der Waals surface area contributed by atoms with Crippen molar-refractivity contribution in [1.82, 2.24) is 0 Å². The lowest BCUT2D eigenvalue weighted by Crippen LogP contribution is -2.07. The third-order valence-corrected chi connectivity index (χ3v) is 3.85. The Balaban J connectivity index is 2.58. The van der Waals surface area contributed by atoms with Crippen LogP contribution in [0.25, 0.3) is 0 Å². The van der Waals surface area contributed by atoms with Crippen molar-refractivity contribution in [2.45, 2.75) is 18.9 Å². The third kappa shape index (κ3) is 1.42. The number of nitrogens with two attached hydrogens (primary N) is 1. The summed E-state index contributed by atoms with van der Waals surface area (Å²) in [5, 5.41) is 8.93. The zero-order valence-corrected chi connectivity index (χ0v) is 9.61. The normalized spacial score (nSPS) is 19.4. The van der Waals surface area contributed by atoms with Crippen molar-refractivity contribution in [3.05, 3.63) is 32.4 Å². The first-order valence-electron chi connectivity index (χ1n) is 4.41. The Morgan fingerprint density at radius 1 is 1.57 bits per heavy atom. The maximum Gasteiger partial charge on any atom is 0.336 e. The molecule has 1 aromatic carbocycles. The van der Waals surface area contributed by atoms with E-state index < -0.39 is 5.97 Å². The molecule has 0 heterocycles. The summed E-state index contributed by atoms with van der Waals surface area (Å²) in [7, 11) is 0. The van der Waals surface area contributed by atoms with Gasteiger partial charge in [0.15, 0.2) is 0 Å². The van der Waals surface area contributed by atoms with Crippen molar-refractivity contribution in [1.29, 1.82) is 0 Å². The van der Waals surface area contributed by atoms with E-state index in [1.807, 2.05) is 6.07 Å². The zero-order valence-electron chi connectivity index (χ0n) is 7.46. The number of benzene rings is 1. The van der Waals surface area contributed by atoms with Gasteiger partial charge in [-0.05, 0) is 52.6 Å². The summed E-state index contributed by atoms with van der Waals surface area (Å²) in [5.41, 5.74) is 8.51. The smallest absolute Gasteiger partial charge is 0.336 e. The molecule has 1 aliphatic carbocycles. The second-order valence-electron chi connectivity index (χ2n) is 3.45. The lowest BCUT2D eigenvalue weighted by Gasteiger charge is -2.07. The highest BCUT2D eigenvalue weighted by atomic mass is 127. The summed E-state index contributed by atoms with van der Waals surface area (Å²) in [4.78, 5) is 10.9. The van der Waals surface area contributed by atoms with Crippen LogP contribution in [0.4, 0.5) is 0 Å². The average molecular weight is 303 g/mol. The van der Waals surface area contributed by atoms with E-state index in [2.05, 4.69) is 22.6 Å². The van der Waals surface area contributed by atoms with Crippen LogP contribution in [-0.2, 0) is 6.42 Å². The predicted molar refractivity (Wildman–Crippen MR) is 61.4 cm³/mol. The monoisotopic (exact) mass is 303 g/mol. The lowest BCUT2D eigenvalue weighted by atomic mass is 10.1. The molecule has 74 valence electrons. The molecule has 1 atom stereocenters. The molecular formula is C10H10INO2. The third-order valence-electron chi connectivity index (χ3n) is 2.61. The molecule has 0 aromatic heterocycles. The SMILES string of the molecule is N[C@H]1CCc2c1ccc(C(=O)O)c2I. The Morgan fingerprint density at radius 2 is 2.29 bits per heavy atom. The lowest BCUT2D eigenvalue weighted by molar-refractivity contribution is 0.0695.